The molecule has 0 saturated carbocycles. The summed E-state index contributed by atoms with van der Waals surface area (Å²) in [5.74, 6) is 0. The van der Waals surface area contributed by atoms with Crippen LogP contribution in [0.3, 0.4) is 0 Å². The second-order valence-electron chi connectivity index (χ2n) is 8.33. The van der Waals surface area contributed by atoms with E-state index < -0.39 is 14.5 Å². The van der Waals surface area contributed by atoms with Crippen LogP contribution in [0, 0.1) is 0 Å². The fraction of sp³-hybridized carbons (Fsp3) is 1.00. The van der Waals surface area contributed by atoms with Gasteiger partial charge in [-0.05, 0) is 34.1 Å². The summed E-state index contributed by atoms with van der Waals surface area (Å²) >= 11 is -1.09. The summed E-state index contributed by atoms with van der Waals surface area (Å²) in [7, 11) is 0. The first-order valence-electron chi connectivity index (χ1n) is 11.4. The summed E-state index contributed by atoms with van der Waals surface area (Å²) < 4.78 is 6.90. The highest BCUT2D eigenvalue weighted by Gasteiger charge is 2.29. The van der Waals surface area contributed by atoms with Crippen molar-refractivity contribution >= 4 is 14.5 Å². The van der Waals surface area contributed by atoms with E-state index >= 15 is 0 Å². The Balaban J connectivity index is 4.77. The Morgan fingerprint density at radius 1 is 0.680 bits per heavy atom. The van der Waals surface area contributed by atoms with Gasteiger partial charge in [0.25, 0.3) is 0 Å². The Bertz CT molecular complexity index is 263. The second kappa shape index (κ2) is 16.6. The van der Waals surface area contributed by atoms with Crippen molar-refractivity contribution in [3.8, 4) is 0 Å². The minimum absolute atomic E-state index is 0.346. The molecule has 0 aromatic heterocycles. The average Bonchev–Trinajstić information content (AvgIpc) is 2.54. The van der Waals surface area contributed by atoms with E-state index in [4.69, 9.17) is 3.79 Å². The van der Waals surface area contributed by atoms with Crippen molar-refractivity contribution < 1.29 is 3.79 Å². The molecule has 2 nitrogen and oxygen atoms in total. The van der Waals surface area contributed by atoms with Gasteiger partial charge in [0.15, 0.2) is 0 Å². The van der Waals surface area contributed by atoms with Gasteiger partial charge in [-0.1, -0.05) is 89.1 Å². The van der Waals surface area contributed by atoms with Crippen molar-refractivity contribution in [3.05, 3.63) is 0 Å². The molecular weight excluding hydrogens is 321 g/mol. The zero-order valence-corrected chi connectivity index (χ0v) is 19.8. The molecule has 150 valence electrons. The largest absolute Gasteiger partial charge is 0.487 e. The molecule has 0 aliphatic carbocycles. The zero-order chi connectivity index (χ0) is 19.1. The molecule has 0 saturated heterocycles. The lowest BCUT2D eigenvalue weighted by molar-refractivity contribution is -0.0269. The first-order chi connectivity index (χ1) is 12.0. The summed E-state index contributed by atoms with van der Waals surface area (Å²) in [6, 6.07) is 1.12. The van der Waals surface area contributed by atoms with Crippen LogP contribution >= 0.6 is 0 Å². The number of hydrogen-bond acceptors (Lipinski definition) is 2. The number of hydrogen-bond donors (Lipinski definition) is 0. The number of unbranched alkanes of at least 4 members (excludes halogenated alkanes) is 6. The van der Waals surface area contributed by atoms with Gasteiger partial charge in [0.05, 0.1) is 6.23 Å². The highest BCUT2D eigenvalue weighted by atomic mass is 27.2. The summed E-state index contributed by atoms with van der Waals surface area (Å²) in [5, 5.41) is 2.77. The molecule has 0 aromatic rings. The Labute approximate surface area is 164 Å². The van der Waals surface area contributed by atoms with Gasteiger partial charge in [0.1, 0.15) is 0 Å². The van der Waals surface area contributed by atoms with Crippen LogP contribution in [0.15, 0.2) is 0 Å². The molecule has 1 unspecified atom stereocenters. The fourth-order valence-corrected chi connectivity index (χ4v) is 6.67. The topological polar surface area (TPSA) is 12.5 Å². The maximum absolute atomic E-state index is 6.90. The van der Waals surface area contributed by atoms with E-state index in [1.54, 1.807) is 0 Å². The second-order valence-corrected chi connectivity index (χ2v) is 11.0. The molecular formula is C22H48AlNO. The van der Waals surface area contributed by atoms with Crippen molar-refractivity contribution in [1.29, 1.82) is 0 Å². The summed E-state index contributed by atoms with van der Waals surface area (Å²) in [5.41, 5.74) is 0. The van der Waals surface area contributed by atoms with Crippen LogP contribution in [0.25, 0.3) is 0 Å². The molecule has 0 rings (SSSR count). The SMILES string of the molecule is CCCCC[CH2][Al]([CH2]CCCCC)[O]C(CCC)N(C(C)C)C(C)C. The maximum Gasteiger partial charge on any atom is 0.461 e. The van der Waals surface area contributed by atoms with Gasteiger partial charge in [-0.15, -0.1) is 0 Å². The molecule has 0 aromatic carbocycles. The maximum atomic E-state index is 6.90. The minimum Gasteiger partial charge on any atom is -0.487 e. The molecule has 0 fully saturated rings. The van der Waals surface area contributed by atoms with Gasteiger partial charge in [-0.3, -0.25) is 4.90 Å². The third kappa shape index (κ3) is 12.5. The van der Waals surface area contributed by atoms with E-state index in [2.05, 4.69) is 53.4 Å². The Morgan fingerprint density at radius 3 is 1.52 bits per heavy atom. The van der Waals surface area contributed by atoms with E-state index in [9.17, 15) is 0 Å². The van der Waals surface area contributed by atoms with Gasteiger partial charge < -0.3 is 3.79 Å². The van der Waals surface area contributed by atoms with E-state index in [1.165, 1.54) is 74.8 Å². The zero-order valence-electron chi connectivity index (χ0n) is 18.7. The molecule has 0 radical (unpaired) electrons. The molecule has 3 heteroatoms. The van der Waals surface area contributed by atoms with Gasteiger partial charge in [0, 0.05) is 12.1 Å². The monoisotopic (exact) mass is 369 g/mol. The summed E-state index contributed by atoms with van der Waals surface area (Å²) in [4.78, 5) is 2.61. The van der Waals surface area contributed by atoms with Crippen LogP contribution in [-0.4, -0.2) is 37.7 Å². The molecule has 0 aliphatic heterocycles. The normalized spacial score (nSPS) is 13.2. The Hall–Kier alpha value is 0.452. The Morgan fingerprint density at radius 2 is 1.16 bits per heavy atom. The van der Waals surface area contributed by atoms with Crippen LogP contribution in [0.5, 0.6) is 0 Å². The first kappa shape index (κ1) is 25.5. The van der Waals surface area contributed by atoms with Gasteiger partial charge in [-0.25, -0.2) is 0 Å². The molecule has 0 bridgehead atoms. The highest BCUT2D eigenvalue weighted by Crippen LogP contribution is 2.22. The molecule has 0 amide bonds. The van der Waals surface area contributed by atoms with E-state index in [-0.39, 0.29) is 0 Å². The Kier molecular flexibility index (Phi) is 16.9. The van der Waals surface area contributed by atoms with Crippen molar-refractivity contribution in [3.63, 3.8) is 0 Å². The fourth-order valence-electron chi connectivity index (χ4n) is 3.90. The molecule has 0 N–H and O–H groups in total. The number of rotatable bonds is 17. The number of nitrogens with zero attached hydrogens (tertiary/aromatic N) is 1. The predicted molar refractivity (Wildman–Crippen MR) is 116 cm³/mol. The van der Waals surface area contributed by atoms with Crippen LogP contribution in [-0.2, 0) is 3.79 Å². The van der Waals surface area contributed by atoms with Crippen LogP contribution in [0.4, 0.5) is 0 Å². The molecule has 1 atom stereocenters. The van der Waals surface area contributed by atoms with Crippen LogP contribution < -0.4 is 0 Å². The van der Waals surface area contributed by atoms with Gasteiger partial charge in [-0.2, -0.15) is 0 Å². The quantitative estimate of drug-likeness (QED) is 0.150. The molecule has 0 aliphatic rings. The van der Waals surface area contributed by atoms with Crippen molar-refractivity contribution in [2.24, 2.45) is 0 Å². The highest BCUT2D eigenvalue weighted by molar-refractivity contribution is 6.51. The summed E-state index contributed by atoms with van der Waals surface area (Å²) in [6.45, 7) is 16.2. The van der Waals surface area contributed by atoms with E-state index in [0.717, 1.165) is 0 Å². The van der Waals surface area contributed by atoms with Crippen molar-refractivity contribution in [1.82, 2.24) is 4.90 Å². The smallest absolute Gasteiger partial charge is 0.461 e. The first-order valence-corrected chi connectivity index (χ1v) is 13.5. The van der Waals surface area contributed by atoms with Crippen molar-refractivity contribution in [2.45, 2.75) is 142 Å². The van der Waals surface area contributed by atoms with Gasteiger partial charge >= 0.3 is 14.5 Å². The van der Waals surface area contributed by atoms with E-state index in [1.807, 2.05) is 0 Å². The third-order valence-electron chi connectivity index (χ3n) is 5.17. The lowest BCUT2D eigenvalue weighted by atomic mass is 10.2. The summed E-state index contributed by atoms with van der Waals surface area (Å²) in [6.07, 6.45) is 13.8. The predicted octanol–water partition coefficient (Wildman–Crippen LogP) is 7.40. The standard InChI is InChI=1S/C10H22NO.2C6H13.Al/c1-6-7-10(12)11(8(2)3)9(4)5;2*1-3-5-6-4-2;/h8-10H,6-7H2,1-5H3;2*1,3-6H2,2H3;/q-1;;;+1. The lowest BCUT2D eigenvalue weighted by Gasteiger charge is -2.40. The minimum atomic E-state index is -1.09. The molecule has 0 spiro atoms. The third-order valence-corrected chi connectivity index (χ3v) is 7.97. The van der Waals surface area contributed by atoms with Crippen LogP contribution in [0.1, 0.15) is 113 Å². The lowest BCUT2D eigenvalue weighted by Crippen LogP contribution is -2.48. The van der Waals surface area contributed by atoms with Crippen molar-refractivity contribution in [2.75, 3.05) is 0 Å². The van der Waals surface area contributed by atoms with Crippen LogP contribution in [0.2, 0.25) is 10.6 Å². The molecule has 0 heterocycles. The van der Waals surface area contributed by atoms with Gasteiger partial charge in [0.2, 0.25) is 0 Å². The van der Waals surface area contributed by atoms with E-state index in [0.29, 0.717) is 18.3 Å². The molecule has 25 heavy (non-hydrogen) atoms. The average molecular weight is 370 g/mol.